The Labute approximate surface area is 134 Å². The molecule has 2 aromatic rings. The van der Waals surface area contributed by atoms with Crippen molar-refractivity contribution in [3.8, 4) is 0 Å². The molecule has 2 heterocycles. The minimum atomic E-state index is 0.734. The largest absolute Gasteiger partial charge is 0.313 e. The van der Waals surface area contributed by atoms with Crippen LogP contribution in [0.15, 0.2) is 4.47 Å². The lowest BCUT2D eigenvalue weighted by molar-refractivity contribution is 0.600. The van der Waals surface area contributed by atoms with Crippen molar-refractivity contribution >= 4 is 15.9 Å². The van der Waals surface area contributed by atoms with Crippen LogP contribution in [0.1, 0.15) is 41.7 Å². The summed E-state index contributed by atoms with van der Waals surface area (Å²) in [5.41, 5.74) is 5.79. The van der Waals surface area contributed by atoms with E-state index in [-0.39, 0.29) is 0 Å². The van der Waals surface area contributed by atoms with Crippen LogP contribution in [0.2, 0.25) is 0 Å². The summed E-state index contributed by atoms with van der Waals surface area (Å²) in [6.45, 7) is 11.1. The third-order valence-electron chi connectivity index (χ3n) is 3.82. The van der Waals surface area contributed by atoms with Gasteiger partial charge in [0.15, 0.2) is 0 Å². The smallest absolute Gasteiger partial charge is 0.0842 e. The predicted octanol–water partition coefficient (Wildman–Crippen LogP) is 2.85. The summed E-state index contributed by atoms with van der Waals surface area (Å²) < 4.78 is 5.06. The molecule has 0 aliphatic carbocycles. The van der Waals surface area contributed by atoms with Gasteiger partial charge in [0.2, 0.25) is 0 Å². The van der Waals surface area contributed by atoms with Crippen molar-refractivity contribution in [2.24, 2.45) is 7.05 Å². The first-order valence-electron chi connectivity index (χ1n) is 7.37. The van der Waals surface area contributed by atoms with Crippen molar-refractivity contribution < 1.29 is 0 Å². The Balaban J connectivity index is 2.23. The van der Waals surface area contributed by atoms with E-state index in [1.165, 1.54) is 11.3 Å². The number of hydrogen-bond acceptors (Lipinski definition) is 3. The maximum atomic E-state index is 4.69. The molecule has 5 nitrogen and oxygen atoms in total. The summed E-state index contributed by atoms with van der Waals surface area (Å²) in [5.74, 6) is 0. The van der Waals surface area contributed by atoms with Gasteiger partial charge in [-0.3, -0.25) is 9.36 Å². The Morgan fingerprint density at radius 2 is 1.86 bits per heavy atom. The number of nitrogens with zero attached hydrogens (tertiary/aromatic N) is 4. The number of rotatable bonds is 6. The Bertz CT molecular complexity index is 627. The number of aryl methyl sites for hydroxylation is 3. The van der Waals surface area contributed by atoms with E-state index in [1.54, 1.807) is 0 Å². The van der Waals surface area contributed by atoms with Crippen molar-refractivity contribution in [2.45, 2.75) is 47.2 Å². The van der Waals surface area contributed by atoms with Crippen molar-refractivity contribution in [3.05, 3.63) is 32.8 Å². The molecule has 0 aliphatic heterocycles. The Morgan fingerprint density at radius 3 is 2.43 bits per heavy atom. The van der Waals surface area contributed by atoms with Crippen LogP contribution in [0.3, 0.4) is 0 Å². The molecule has 0 aromatic carbocycles. The molecule has 116 valence electrons. The first-order valence-corrected chi connectivity index (χ1v) is 8.16. The average molecular weight is 354 g/mol. The molecule has 21 heavy (non-hydrogen) atoms. The summed E-state index contributed by atoms with van der Waals surface area (Å²) >= 11 is 3.62. The highest BCUT2D eigenvalue weighted by Gasteiger charge is 2.15. The van der Waals surface area contributed by atoms with Gasteiger partial charge in [-0.1, -0.05) is 6.92 Å². The van der Waals surface area contributed by atoms with Crippen LogP contribution < -0.4 is 5.32 Å². The molecule has 0 aliphatic rings. The number of aromatic nitrogens is 4. The standard InChI is InChI=1S/C15H24BrN5/c1-6-7-17-8-13-10(2)19-21(12(13)4)9-14-15(16)11(3)18-20(14)5/h17H,6-9H2,1-5H3. The van der Waals surface area contributed by atoms with Gasteiger partial charge < -0.3 is 5.32 Å². The summed E-state index contributed by atoms with van der Waals surface area (Å²) in [6, 6.07) is 0. The lowest BCUT2D eigenvalue weighted by atomic mass is 10.2. The molecule has 0 amide bonds. The van der Waals surface area contributed by atoms with Gasteiger partial charge >= 0.3 is 0 Å². The van der Waals surface area contributed by atoms with Gasteiger partial charge in [-0.05, 0) is 49.7 Å². The zero-order valence-electron chi connectivity index (χ0n) is 13.5. The molecular formula is C15H24BrN5. The minimum absolute atomic E-state index is 0.734. The Morgan fingerprint density at radius 1 is 1.14 bits per heavy atom. The molecule has 0 saturated heterocycles. The molecule has 2 rings (SSSR count). The van der Waals surface area contributed by atoms with Crippen LogP contribution in [-0.2, 0) is 20.1 Å². The number of hydrogen-bond donors (Lipinski definition) is 1. The number of halogens is 1. The topological polar surface area (TPSA) is 47.7 Å². The molecule has 0 bridgehead atoms. The van der Waals surface area contributed by atoms with Gasteiger partial charge in [0, 0.05) is 24.8 Å². The molecule has 0 radical (unpaired) electrons. The fraction of sp³-hybridized carbons (Fsp3) is 0.600. The van der Waals surface area contributed by atoms with E-state index in [4.69, 9.17) is 5.10 Å². The highest BCUT2D eigenvalue weighted by atomic mass is 79.9. The van der Waals surface area contributed by atoms with E-state index in [0.29, 0.717) is 0 Å². The van der Waals surface area contributed by atoms with Crippen LogP contribution in [-0.4, -0.2) is 26.1 Å². The molecule has 2 aromatic heterocycles. The van der Waals surface area contributed by atoms with E-state index in [0.717, 1.165) is 47.6 Å². The zero-order chi connectivity index (χ0) is 15.6. The van der Waals surface area contributed by atoms with Crippen LogP contribution in [0.4, 0.5) is 0 Å². The first-order chi connectivity index (χ1) is 9.95. The van der Waals surface area contributed by atoms with Crippen LogP contribution in [0.25, 0.3) is 0 Å². The van der Waals surface area contributed by atoms with E-state index in [1.807, 2.05) is 18.7 Å². The SMILES string of the molecule is CCCNCc1c(C)nn(Cc2c(Br)c(C)nn2C)c1C. The molecule has 0 spiro atoms. The highest BCUT2D eigenvalue weighted by molar-refractivity contribution is 9.10. The van der Waals surface area contributed by atoms with Crippen molar-refractivity contribution in [1.29, 1.82) is 0 Å². The van der Waals surface area contributed by atoms with Gasteiger partial charge in [0.25, 0.3) is 0 Å². The lowest BCUT2D eigenvalue weighted by Crippen LogP contribution is -2.15. The van der Waals surface area contributed by atoms with Gasteiger partial charge in [-0.25, -0.2) is 0 Å². The monoisotopic (exact) mass is 353 g/mol. The Kier molecular flexibility index (Phi) is 5.22. The molecule has 0 saturated carbocycles. The molecule has 6 heteroatoms. The van der Waals surface area contributed by atoms with Gasteiger partial charge in [-0.2, -0.15) is 10.2 Å². The third-order valence-corrected chi connectivity index (χ3v) is 4.85. The van der Waals surface area contributed by atoms with Crippen LogP contribution >= 0.6 is 15.9 Å². The Hall–Kier alpha value is -1.14. The van der Waals surface area contributed by atoms with Crippen molar-refractivity contribution in [2.75, 3.05) is 6.54 Å². The number of nitrogens with one attached hydrogen (secondary N) is 1. The maximum Gasteiger partial charge on any atom is 0.0842 e. The second-order valence-electron chi connectivity index (χ2n) is 5.45. The quantitative estimate of drug-likeness (QED) is 0.812. The molecule has 0 atom stereocenters. The van der Waals surface area contributed by atoms with Crippen molar-refractivity contribution in [1.82, 2.24) is 24.9 Å². The van der Waals surface area contributed by atoms with E-state index >= 15 is 0 Å². The second kappa shape index (κ2) is 6.75. The normalized spacial score (nSPS) is 11.3. The average Bonchev–Trinajstić information content (AvgIpc) is 2.83. The molecular weight excluding hydrogens is 330 g/mol. The molecule has 1 N–H and O–H groups in total. The van der Waals surface area contributed by atoms with E-state index < -0.39 is 0 Å². The zero-order valence-corrected chi connectivity index (χ0v) is 15.1. The minimum Gasteiger partial charge on any atom is -0.313 e. The summed E-state index contributed by atoms with van der Waals surface area (Å²) in [4.78, 5) is 0. The van der Waals surface area contributed by atoms with Gasteiger partial charge in [-0.15, -0.1) is 0 Å². The van der Waals surface area contributed by atoms with E-state index in [9.17, 15) is 0 Å². The lowest BCUT2D eigenvalue weighted by Gasteiger charge is -2.07. The summed E-state index contributed by atoms with van der Waals surface area (Å²) in [6.07, 6.45) is 1.15. The van der Waals surface area contributed by atoms with E-state index in [2.05, 4.69) is 51.8 Å². The third kappa shape index (κ3) is 3.37. The maximum absolute atomic E-state index is 4.69. The predicted molar refractivity (Wildman–Crippen MR) is 88.4 cm³/mol. The van der Waals surface area contributed by atoms with Gasteiger partial charge in [0.05, 0.1) is 28.1 Å². The highest BCUT2D eigenvalue weighted by Crippen LogP contribution is 2.22. The fourth-order valence-electron chi connectivity index (χ4n) is 2.53. The summed E-state index contributed by atoms with van der Waals surface area (Å²) in [7, 11) is 1.97. The van der Waals surface area contributed by atoms with Gasteiger partial charge in [0.1, 0.15) is 0 Å². The summed E-state index contributed by atoms with van der Waals surface area (Å²) in [5, 5.41) is 12.6. The van der Waals surface area contributed by atoms with Crippen LogP contribution in [0, 0.1) is 20.8 Å². The molecule has 0 unspecified atom stereocenters. The second-order valence-corrected chi connectivity index (χ2v) is 6.25. The first kappa shape index (κ1) is 16.2. The van der Waals surface area contributed by atoms with Crippen molar-refractivity contribution in [3.63, 3.8) is 0 Å². The molecule has 0 fully saturated rings. The van der Waals surface area contributed by atoms with Crippen LogP contribution in [0.5, 0.6) is 0 Å². The fourth-order valence-corrected chi connectivity index (χ4v) is 2.99.